The molecule has 0 bridgehead atoms. The Morgan fingerprint density at radius 2 is 2.15 bits per heavy atom. The summed E-state index contributed by atoms with van der Waals surface area (Å²) in [7, 11) is 0. The Bertz CT molecular complexity index is 829. The zero-order valence-electron chi connectivity index (χ0n) is 10.5. The molecule has 0 saturated heterocycles. The summed E-state index contributed by atoms with van der Waals surface area (Å²) in [5.41, 5.74) is 1.71. The van der Waals surface area contributed by atoms with Gasteiger partial charge in [0.2, 0.25) is 5.78 Å². The fourth-order valence-corrected chi connectivity index (χ4v) is 2.14. The first-order chi connectivity index (χ1) is 9.58. The van der Waals surface area contributed by atoms with Gasteiger partial charge in [0.1, 0.15) is 0 Å². The normalized spacial score (nSPS) is 10.8. The van der Waals surface area contributed by atoms with Gasteiger partial charge < -0.3 is 9.40 Å². The van der Waals surface area contributed by atoms with Gasteiger partial charge in [-0.2, -0.15) is 0 Å². The van der Waals surface area contributed by atoms with E-state index in [1.807, 2.05) is 0 Å². The number of fused-ring (bicyclic) bond motifs is 1. The quantitative estimate of drug-likeness (QED) is 0.449. The summed E-state index contributed by atoms with van der Waals surface area (Å²) >= 11 is 0. The van der Waals surface area contributed by atoms with E-state index < -0.39 is 4.92 Å². The third-order valence-electron chi connectivity index (χ3n) is 3.19. The molecule has 0 spiro atoms. The summed E-state index contributed by atoms with van der Waals surface area (Å²) < 4.78 is 5.18. The maximum atomic E-state index is 12.4. The number of nitrogens with one attached hydrogen (secondary N) is 1. The lowest BCUT2D eigenvalue weighted by Gasteiger charge is -1.98. The second-order valence-corrected chi connectivity index (χ2v) is 4.45. The van der Waals surface area contributed by atoms with Crippen molar-refractivity contribution in [1.82, 2.24) is 4.98 Å². The molecule has 0 amide bonds. The topological polar surface area (TPSA) is 89.1 Å². The molecule has 100 valence electrons. The molecule has 2 aromatic heterocycles. The molecule has 0 fully saturated rings. The highest BCUT2D eigenvalue weighted by Crippen LogP contribution is 2.26. The zero-order valence-corrected chi connectivity index (χ0v) is 10.5. The predicted molar refractivity (Wildman–Crippen MR) is 71.8 cm³/mol. The maximum Gasteiger partial charge on any atom is 0.270 e. The lowest BCUT2D eigenvalue weighted by molar-refractivity contribution is -0.384. The smallest absolute Gasteiger partial charge is 0.270 e. The summed E-state index contributed by atoms with van der Waals surface area (Å²) in [6, 6.07) is 6.06. The summed E-state index contributed by atoms with van der Waals surface area (Å²) in [6.07, 6.45) is 2.98. The van der Waals surface area contributed by atoms with Crippen LogP contribution in [0.5, 0.6) is 0 Å². The van der Waals surface area contributed by atoms with Crippen LogP contribution >= 0.6 is 0 Å². The van der Waals surface area contributed by atoms with Crippen molar-refractivity contribution in [1.29, 1.82) is 0 Å². The zero-order chi connectivity index (χ0) is 14.3. The molecule has 0 aliphatic carbocycles. The molecular formula is C14H10N2O4. The second kappa shape index (κ2) is 4.34. The van der Waals surface area contributed by atoms with Crippen LogP contribution in [0.25, 0.3) is 10.9 Å². The Hall–Kier alpha value is -2.89. The molecule has 0 radical (unpaired) electrons. The van der Waals surface area contributed by atoms with Crippen LogP contribution in [0, 0.1) is 17.0 Å². The van der Waals surface area contributed by atoms with Crippen molar-refractivity contribution in [2.75, 3.05) is 0 Å². The van der Waals surface area contributed by atoms with Crippen LogP contribution in [0.4, 0.5) is 5.69 Å². The number of aromatic amines is 1. The van der Waals surface area contributed by atoms with E-state index in [4.69, 9.17) is 4.42 Å². The monoisotopic (exact) mass is 270 g/mol. The van der Waals surface area contributed by atoms with E-state index >= 15 is 0 Å². The molecule has 6 nitrogen and oxygen atoms in total. The third-order valence-corrected chi connectivity index (χ3v) is 3.19. The van der Waals surface area contributed by atoms with Crippen LogP contribution in [0.15, 0.2) is 41.1 Å². The highest BCUT2D eigenvalue weighted by Gasteiger charge is 2.20. The van der Waals surface area contributed by atoms with Crippen LogP contribution < -0.4 is 0 Å². The lowest BCUT2D eigenvalue weighted by Crippen LogP contribution is -2.00. The lowest BCUT2D eigenvalue weighted by atomic mass is 10.1. The van der Waals surface area contributed by atoms with E-state index in [0.29, 0.717) is 16.5 Å². The van der Waals surface area contributed by atoms with Gasteiger partial charge in [-0.1, -0.05) is 0 Å². The van der Waals surface area contributed by atoms with Crippen LogP contribution in [0.3, 0.4) is 0 Å². The Labute approximate surface area is 113 Å². The van der Waals surface area contributed by atoms with E-state index in [1.54, 1.807) is 25.3 Å². The third kappa shape index (κ3) is 1.78. The van der Waals surface area contributed by atoms with Crippen molar-refractivity contribution >= 4 is 22.4 Å². The van der Waals surface area contributed by atoms with Crippen molar-refractivity contribution in [3.63, 3.8) is 0 Å². The number of benzene rings is 1. The van der Waals surface area contributed by atoms with Crippen LogP contribution in [0.1, 0.15) is 21.7 Å². The first-order valence-corrected chi connectivity index (χ1v) is 5.92. The molecule has 6 heteroatoms. The van der Waals surface area contributed by atoms with Gasteiger partial charge in [0, 0.05) is 29.2 Å². The highest BCUT2D eigenvalue weighted by atomic mass is 16.6. The van der Waals surface area contributed by atoms with Crippen molar-refractivity contribution in [3.05, 3.63) is 63.7 Å². The minimum atomic E-state index is -0.487. The number of hydrogen-bond acceptors (Lipinski definition) is 4. The summed E-state index contributed by atoms with van der Waals surface area (Å²) in [6.45, 7) is 1.77. The van der Waals surface area contributed by atoms with Gasteiger partial charge >= 0.3 is 0 Å². The van der Waals surface area contributed by atoms with E-state index in [-0.39, 0.29) is 17.2 Å². The van der Waals surface area contributed by atoms with Crippen molar-refractivity contribution in [3.8, 4) is 0 Å². The molecule has 1 aromatic carbocycles. The number of aryl methyl sites for hydroxylation is 1. The second-order valence-electron chi connectivity index (χ2n) is 4.45. The Kier molecular flexibility index (Phi) is 2.64. The molecule has 0 saturated carbocycles. The number of nitro groups is 1. The molecule has 3 aromatic rings. The number of nitrogens with zero attached hydrogens (tertiary/aromatic N) is 1. The predicted octanol–water partition coefficient (Wildman–Crippen LogP) is 3.21. The molecule has 2 heterocycles. The number of non-ortho nitro benzene ring substituents is 1. The number of H-pyrrole nitrogens is 1. The molecule has 3 rings (SSSR count). The SMILES string of the molecule is Cc1ccoc1C(=O)c1c[nH]c2ccc([N+](=O)[O-])cc12. The van der Waals surface area contributed by atoms with Gasteiger partial charge in [0.15, 0.2) is 5.76 Å². The molecule has 20 heavy (non-hydrogen) atoms. The fourth-order valence-electron chi connectivity index (χ4n) is 2.14. The molecule has 0 aliphatic rings. The van der Waals surface area contributed by atoms with E-state index in [2.05, 4.69) is 4.98 Å². The Morgan fingerprint density at radius 3 is 2.80 bits per heavy atom. The number of aromatic nitrogens is 1. The first-order valence-electron chi connectivity index (χ1n) is 5.92. The molecular weight excluding hydrogens is 260 g/mol. The Morgan fingerprint density at radius 1 is 1.35 bits per heavy atom. The van der Waals surface area contributed by atoms with Crippen molar-refractivity contribution in [2.24, 2.45) is 0 Å². The van der Waals surface area contributed by atoms with Gasteiger partial charge in [0.05, 0.1) is 16.7 Å². The molecule has 0 unspecified atom stereocenters. The first kappa shape index (κ1) is 12.2. The number of rotatable bonds is 3. The number of nitro benzene ring substituents is 1. The minimum absolute atomic E-state index is 0.0534. The summed E-state index contributed by atoms with van der Waals surface area (Å²) in [5, 5.41) is 11.3. The average Bonchev–Trinajstić information content (AvgIpc) is 3.03. The van der Waals surface area contributed by atoms with Gasteiger partial charge in [-0.15, -0.1) is 0 Å². The van der Waals surface area contributed by atoms with E-state index in [0.717, 1.165) is 5.56 Å². The minimum Gasteiger partial charge on any atom is -0.461 e. The van der Waals surface area contributed by atoms with Gasteiger partial charge in [-0.25, -0.2) is 0 Å². The summed E-state index contributed by atoms with van der Waals surface area (Å²) in [5.74, 6) is -0.0448. The van der Waals surface area contributed by atoms with Crippen molar-refractivity contribution < 1.29 is 14.1 Å². The van der Waals surface area contributed by atoms with Gasteiger partial charge in [0.25, 0.3) is 5.69 Å². The standard InChI is InChI=1S/C14H10N2O4/c1-8-4-5-20-14(8)13(17)11-7-15-12-3-2-9(16(18)19)6-10(11)12/h2-7,15H,1H3. The number of carbonyl (C=O) groups is 1. The molecule has 0 aliphatic heterocycles. The number of carbonyl (C=O) groups excluding carboxylic acids is 1. The number of hydrogen-bond donors (Lipinski definition) is 1. The van der Waals surface area contributed by atoms with E-state index in [1.165, 1.54) is 18.4 Å². The largest absolute Gasteiger partial charge is 0.461 e. The molecule has 0 atom stereocenters. The average molecular weight is 270 g/mol. The Balaban J connectivity index is 2.17. The summed E-state index contributed by atoms with van der Waals surface area (Å²) in [4.78, 5) is 25.7. The van der Waals surface area contributed by atoms with Crippen LogP contribution in [0.2, 0.25) is 0 Å². The van der Waals surface area contributed by atoms with E-state index in [9.17, 15) is 14.9 Å². The maximum absolute atomic E-state index is 12.4. The van der Waals surface area contributed by atoms with Gasteiger partial charge in [-0.3, -0.25) is 14.9 Å². The van der Waals surface area contributed by atoms with Crippen LogP contribution in [-0.4, -0.2) is 15.7 Å². The van der Waals surface area contributed by atoms with Crippen molar-refractivity contribution in [2.45, 2.75) is 6.92 Å². The fraction of sp³-hybridized carbons (Fsp3) is 0.0714. The van der Waals surface area contributed by atoms with Crippen LogP contribution in [-0.2, 0) is 0 Å². The molecule has 1 N–H and O–H groups in total. The number of ketones is 1. The highest BCUT2D eigenvalue weighted by molar-refractivity contribution is 6.15. The number of furan rings is 1. The van der Waals surface area contributed by atoms with Gasteiger partial charge in [-0.05, 0) is 24.6 Å².